The Morgan fingerprint density at radius 1 is 1.50 bits per heavy atom. The fourth-order valence-corrected chi connectivity index (χ4v) is 0.461. The van der Waals surface area contributed by atoms with Crippen molar-refractivity contribution in [1.82, 2.24) is 0 Å². The summed E-state index contributed by atoms with van der Waals surface area (Å²) in [7, 11) is 0. The molecule has 2 heteroatoms. The van der Waals surface area contributed by atoms with Gasteiger partial charge in [-0.05, 0) is 6.26 Å². The smallest absolute Gasteiger partial charge is 0 e. The average molecular weight is 214 g/mol. The zero-order valence-electron chi connectivity index (χ0n) is 6.85. The van der Waals surface area contributed by atoms with Crippen LogP contribution in [-0.4, -0.2) is 0 Å². The van der Waals surface area contributed by atoms with E-state index in [4.69, 9.17) is 4.42 Å². The van der Waals surface area contributed by atoms with E-state index in [0.717, 1.165) is 12.2 Å². The van der Waals surface area contributed by atoms with Crippen LogP contribution in [0.5, 0.6) is 0 Å². The van der Waals surface area contributed by atoms with Crippen molar-refractivity contribution < 1.29 is 37.1 Å². The fraction of sp³-hybridized carbons (Fsp3) is 0.500. The van der Waals surface area contributed by atoms with Crippen molar-refractivity contribution >= 4 is 0 Å². The van der Waals surface area contributed by atoms with Crippen LogP contribution in [0.1, 0.15) is 26.5 Å². The minimum atomic E-state index is 0. The number of hydrogen-bond donors (Lipinski definition) is 0. The number of aryl methyl sites for hydroxylation is 1. The van der Waals surface area contributed by atoms with Crippen LogP contribution in [0, 0.1) is 6.26 Å². The van der Waals surface area contributed by atoms with Crippen LogP contribution < -0.4 is 0 Å². The van der Waals surface area contributed by atoms with Gasteiger partial charge >= 0.3 is 0 Å². The fourth-order valence-electron chi connectivity index (χ4n) is 0.461. The monoisotopic (exact) mass is 214 g/mol. The van der Waals surface area contributed by atoms with Crippen LogP contribution in [0.4, 0.5) is 0 Å². The Kier molecular flexibility index (Phi) is 12.2. The molecule has 0 aliphatic heterocycles. The summed E-state index contributed by atoms with van der Waals surface area (Å²) in [6.07, 6.45) is 3.57. The second-order valence-electron chi connectivity index (χ2n) is 1.37. The van der Waals surface area contributed by atoms with Gasteiger partial charge in [-0.25, -0.2) is 0 Å². The van der Waals surface area contributed by atoms with E-state index in [2.05, 4.69) is 6.26 Å². The van der Waals surface area contributed by atoms with Crippen LogP contribution in [-0.2, 0) is 39.1 Å². The van der Waals surface area contributed by atoms with Gasteiger partial charge in [-0.2, -0.15) is 6.07 Å². The van der Waals surface area contributed by atoms with Gasteiger partial charge in [0.25, 0.3) is 0 Å². The molecule has 0 aromatic carbocycles. The second kappa shape index (κ2) is 9.38. The third-order valence-corrected chi connectivity index (χ3v) is 0.876. The maximum Gasteiger partial charge on any atom is 0 e. The molecule has 0 spiro atoms. The average Bonchev–Trinajstić information content (AvgIpc) is 2.43. The summed E-state index contributed by atoms with van der Waals surface area (Å²) in [5.41, 5.74) is 0. The minimum Gasteiger partial charge on any atom is -0.596 e. The molecule has 1 radical (unpaired) electrons. The van der Waals surface area contributed by atoms with E-state index in [0.29, 0.717) is 0 Å². The molecule has 0 saturated heterocycles. The molecule has 1 aromatic heterocycles. The molecule has 1 nitrogen and oxygen atoms in total. The maximum absolute atomic E-state index is 4.86. The molecule has 0 aliphatic rings. The van der Waals surface area contributed by atoms with Crippen LogP contribution in [0.25, 0.3) is 0 Å². The Bertz CT molecular complexity index is 124. The van der Waals surface area contributed by atoms with E-state index in [1.54, 1.807) is 6.07 Å². The molecule has 55 valence electrons. The molecule has 0 fully saturated rings. The molecule has 1 heterocycles. The van der Waals surface area contributed by atoms with Gasteiger partial charge in [0.2, 0.25) is 0 Å². The number of furan rings is 1. The summed E-state index contributed by atoms with van der Waals surface area (Å²) in [4.78, 5) is 0. The Hall–Kier alpha value is 0.384. The largest absolute Gasteiger partial charge is 0.596 e. The van der Waals surface area contributed by atoms with Crippen LogP contribution in [0.15, 0.2) is 16.5 Å². The predicted octanol–water partition coefficient (Wildman–Crippen LogP) is 2.67. The minimum absolute atomic E-state index is 0. The summed E-state index contributed by atoms with van der Waals surface area (Å²) in [5.74, 6) is 1.00. The van der Waals surface area contributed by atoms with E-state index >= 15 is 0 Å². The molecular weight excluding hydrogens is 201 g/mol. The Morgan fingerprint density at radius 3 is 2.30 bits per heavy atom. The van der Waals surface area contributed by atoms with Crippen LogP contribution in [0.2, 0.25) is 0 Å². The molecule has 0 saturated carbocycles. The summed E-state index contributed by atoms with van der Waals surface area (Å²) < 4.78 is 4.86. The molecule has 0 atom stereocenters. The van der Waals surface area contributed by atoms with Crippen molar-refractivity contribution in [3.05, 3.63) is 24.2 Å². The first-order valence-corrected chi connectivity index (χ1v) is 3.38. The van der Waals surface area contributed by atoms with Crippen molar-refractivity contribution in [3.8, 4) is 0 Å². The molecule has 0 unspecified atom stereocenters. The van der Waals surface area contributed by atoms with Gasteiger partial charge in [-0.3, -0.25) is 0 Å². The second-order valence-corrected chi connectivity index (χ2v) is 1.37. The van der Waals surface area contributed by atoms with Gasteiger partial charge in [-0.1, -0.05) is 33.0 Å². The first-order chi connectivity index (χ1) is 4.43. The first-order valence-electron chi connectivity index (χ1n) is 3.38. The molecule has 0 amide bonds. The SMILES string of the molecule is CC.CCc1cc[c-]o1.[Y]. The van der Waals surface area contributed by atoms with Crippen molar-refractivity contribution in [2.45, 2.75) is 27.2 Å². The van der Waals surface area contributed by atoms with Gasteiger partial charge in [0.05, 0.1) is 0 Å². The first kappa shape index (κ1) is 13.0. The zero-order valence-corrected chi connectivity index (χ0v) is 9.69. The normalized spacial score (nSPS) is 7.10. The molecular formula is C8H13OY-. The summed E-state index contributed by atoms with van der Waals surface area (Å²) in [6, 6.07) is 3.69. The van der Waals surface area contributed by atoms with E-state index in [9.17, 15) is 0 Å². The molecule has 0 aliphatic carbocycles. The van der Waals surface area contributed by atoms with E-state index < -0.39 is 0 Å². The third-order valence-electron chi connectivity index (χ3n) is 0.876. The predicted molar refractivity (Wildman–Crippen MR) is 38.3 cm³/mol. The van der Waals surface area contributed by atoms with Gasteiger partial charge in [0, 0.05) is 32.7 Å². The maximum atomic E-state index is 4.86. The Balaban J connectivity index is 0. The standard InChI is InChI=1S/C6H7O.C2H6.Y/c1-2-6-4-3-5-7-6;1-2;/h3-4H,2H2,1H3;1-2H3;/q-1;;. The van der Waals surface area contributed by atoms with Gasteiger partial charge < -0.3 is 4.42 Å². The van der Waals surface area contributed by atoms with Crippen molar-refractivity contribution in [3.63, 3.8) is 0 Å². The molecule has 10 heavy (non-hydrogen) atoms. The summed E-state index contributed by atoms with van der Waals surface area (Å²) in [6.45, 7) is 6.05. The van der Waals surface area contributed by atoms with E-state index in [1.165, 1.54) is 0 Å². The van der Waals surface area contributed by atoms with Crippen molar-refractivity contribution in [2.75, 3.05) is 0 Å². The van der Waals surface area contributed by atoms with Crippen LogP contribution >= 0.6 is 0 Å². The van der Waals surface area contributed by atoms with Gasteiger partial charge in [0.15, 0.2) is 0 Å². The Labute approximate surface area is 88.1 Å². The van der Waals surface area contributed by atoms with Crippen molar-refractivity contribution in [2.24, 2.45) is 0 Å². The van der Waals surface area contributed by atoms with Gasteiger partial charge in [0.1, 0.15) is 0 Å². The summed E-state index contributed by atoms with van der Waals surface area (Å²) in [5, 5.41) is 0. The number of rotatable bonds is 1. The molecule has 1 aromatic rings. The zero-order chi connectivity index (χ0) is 7.11. The molecule has 1 rings (SSSR count). The molecule has 0 bridgehead atoms. The molecule has 0 N–H and O–H groups in total. The quantitative estimate of drug-likeness (QED) is 0.655. The topological polar surface area (TPSA) is 13.1 Å². The van der Waals surface area contributed by atoms with E-state index in [-0.39, 0.29) is 32.7 Å². The third kappa shape index (κ3) is 5.19. The van der Waals surface area contributed by atoms with Gasteiger partial charge in [-0.15, -0.1) is 6.07 Å². The van der Waals surface area contributed by atoms with Crippen LogP contribution in [0.3, 0.4) is 0 Å². The van der Waals surface area contributed by atoms with Crippen molar-refractivity contribution in [1.29, 1.82) is 0 Å². The van der Waals surface area contributed by atoms with E-state index in [1.807, 2.05) is 26.8 Å². The Morgan fingerprint density at radius 2 is 2.10 bits per heavy atom. The summed E-state index contributed by atoms with van der Waals surface area (Å²) >= 11 is 0. The number of hydrogen-bond acceptors (Lipinski definition) is 1.